The quantitative estimate of drug-likeness (QED) is 0.0264. The Morgan fingerprint density at radius 3 is 0.817 bits per heavy atom. The van der Waals surface area contributed by atoms with E-state index in [2.05, 4.69) is 38.2 Å². The maximum Gasteiger partial charge on any atom is 0.472 e. The molecule has 2 atom stereocenters. The number of hydrogen-bond acceptors (Lipinski definition) is 8. The lowest BCUT2D eigenvalue weighted by Gasteiger charge is -2.19. The molecule has 0 heterocycles. The third-order valence-corrected chi connectivity index (χ3v) is 20.3. The second kappa shape index (κ2) is 79.5. The van der Waals surface area contributed by atoms with Gasteiger partial charge in [-0.15, -0.1) is 0 Å². The molecule has 93 heavy (non-hydrogen) atoms. The smallest absolute Gasteiger partial charge is 0.462 e. The van der Waals surface area contributed by atoms with Crippen LogP contribution in [0.3, 0.4) is 0 Å². The van der Waals surface area contributed by atoms with Gasteiger partial charge in [0.25, 0.3) is 0 Å². The third-order valence-electron chi connectivity index (χ3n) is 19.3. The summed E-state index contributed by atoms with van der Waals surface area (Å²) in [6.45, 7) is 3.83. The van der Waals surface area contributed by atoms with Crippen LogP contribution in [0, 0.1) is 0 Å². The molecular formula is C83H162NO8P. The van der Waals surface area contributed by atoms with Gasteiger partial charge in [-0.25, -0.2) is 4.57 Å². The largest absolute Gasteiger partial charge is 0.472 e. The highest BCUT2D eigenvalue weighted by atomic mass is 31.2. The number of ether oxygens (including phenoxy) is 2. The molecule has 0 spiro atoms. The molecule has 0 amide bonds. The van der Waals surface area contributed by atoms with Crippen molar-refractivity contribution in [1.82, 2.24) is 0 Å². The summed E-state index contributed by atoms with van der Waals surface area (Å²) in [5, 5.41) is 0. The number of esters is 2. The Labute approximate surface area is 580 Å². The molecule has 10 heteroatoms. The Morgan fingerprint density at radius 2 is 0.559 bits per heavy atom. The highest BCUT2D eigenvalue weighted by Crippen LogP contribution is 2.43. The fourth-order valence-corrected chi connectivity index (χ4v) is 13.9. The molecule has 0 aromatic heterocycles. The van der Waals surface area contributed by atoms with Gasteiger partial charge in [0, 0.05) is 19.4 Å². The Balaban J connectivity index is 3.71. The summed E-state index contributed by atoms with van der Waals surface area (Å²) in [6.07, 6.45) is 101. The standard InChI is InChI=1S/C83H162NO8P/c1-3-5-7-9-11-13-15-17-19-21-23-25-27-29-31-33-35-37-38-39-40-41-42-44-45-47-49-51-53-55-57-59-61-63-65-67-69-71-73-75-82(85)89-79-81(80-91-93(87,88)90-78-77-84)92-83(86)76-74-72-70-68-66-64-62-60-58-56-54-52-50-48-46-43-36-34-32-30-28-26-24-22-20-18-16-14-12-10-8-6-4-2/h16,18,22,24,81H,3-15,17,19-21,23,25-80,84H2,1-2H3,(H,87,88)/b18-16-,24-22-. The normalized spacial score (nSPS) is 12.9. The zero-order valence-corrected chi connectivity index (χ0v) is 63.4. The number of unbranched alkanes of at least 4 members (excludes halogenated alkanes) is 64. The van der Waals surface area contributed by atoms with Gasteiger partial charge in [-0.3, -0.25) is 18.6 Å². The lowest BCUT2D eigenvalue weighted by molar-refractivity contribution is -0.161. The average Bonchev–Trinajstić information content (AvgIpc) is 3.32. The van der Waals surface area contributed by atoms with Crippen LogP contribution < -0.4 is 5.73 Å². The summed E-state index contributed by atoms with van der Waals surface area (Å²) < 4.78 is 33.3. The van der Waals surface area contributed by atoms with Crippen molar-refractivity contribution in [3.05, 3.63) is 24.3 Å². The maximum absolute atomic E-state index is 12.8. The first-order valence-corrected chi connectivity index (χ1v) is 43.3. The van der Waals surface area contributed by atoms with Gasteiger partial charge in [-0.1, -0.05) is 430 Å². The van der Waals surface area contributed by atoms with Crippen LogP contribution in [0.1, 0.15) is 463 Å². The summed E-state index contributed by atoms with van der Waals surface area (Å²) in [7, 11) is -4.39. The predicted molar refractivity (Wildman–Crippen MR) is 404 cm³/mol. The molecule has 552 valence electrons. The first kappa shape index (κ1) is 91.5. The van der Waals surface area contributed by atoms with Crippen LogP contribution in [-0.2, 0) is 32.7 Å². The Hall–Kier alpha value is -1.51. The van der Waals surface area contributed by atoms with Gasteiger partial charge in [0.05, 0.1) is 13.2 Å². The van der Waals surface area contributed by atoms with Crippen molar-refractivity contribution in [1.29, 1.82) is 0 Å². The van der Waals surface area contributed by atoms with Crippen molar-refractivity contribution >= 4 is 19.8 Å². The minimum Gasteiger partial charge on any atom is -0.462 e. The van der Waals surface area contributed by atoms with Gasteiger partial charge in [0.15, 0.2) is 6.10 Å². The second-order valence-electron chi connectivity index (χ2n) is 28.7. The molecule has 3 N–H and O–H groups in total. The number of carbonyl (C=O) groups is 2. The van der Waals surface area contributed by atoms with Gasteiger partial charge in [0.1, 0.15) is 6.61 Å². The molecule has 0 saturated carbocycles. The molecule has 0 rings (SSSR count). The lowest BCUT2D eigenvalue weighted by Crippen LogP contribution is -2.29. The molecule has 0 bridgehead atoms. The van der Waals surface area contributed by atoms with Crippen LogP contribution in [-0.4, -0.2) is 49.3 Å². The van der Waals surface area contributed by atoms with E-state index in [0.717, 1.165) is 38.5 Å². The van der Waals surface area contributed by atoms with Crippen molar-refractivity contribution in [3.8, 4) is 0 Å². The van der Waals surface area contributed by atoms with E-state index in [0.29, 0.717) is 6.42 Å². The molecule has 2 unspecified atom stereocenters. The van der Waals surface area contributed by atoms with Crippen molar-refractivity contribution in [2.24, 2.45) is 5.73 Å². The first-order valence-electron chi connectivity index (χ1n) is 41.8. The molecule has 9 nitrogen and oxygen atoms in total. The van der Waals surface area contributed by atoms with E-state index in [-0.39, 0.29) is 38.6 Å². The zero-order chi connectivity index (χ0) is 67.2. The van der Waals surface area contributed by atoms with E-state index in [1.165, 1.54) is 392 Å². The Bertz CT molecular complexity index is 1570. The van der Waals surface area contributed by atoms with Crippen LogP contribution in [0.15, 0.2) is 24.3 Å². The third kappa shape index (κ3) is 79.4. The van der Waals surface area contributed by atoms with E-state index in [1.807, 2.05) is 0 Å². The summed E-state index contributed by atoms with van der Waals surface area (Å²) >= 11 is 0. The molecule has 0 aliphatic rings. The van der Waals surface area contributed by atoms with E-state index >= 15 is 0 Å². The van der Waals surface area contributed by atoms with Crippen molar-refractivity contribution < 1.29 is 37.6 Å². The van der Waals surface area contributed by atoms with E-state index in [1.54, 1.807) is 0 Å². The van der Waals surface area contributed by atoms with E-state index in [9.17, 15) is 19.0 Å². The number of carbonyl (C=O) groups excluding carboxylic acids is 2. The SMILES string of the molecule is CCCCCCC/C=C\C/C=C\CCCCCCCCCCCCCCCCCCCCCCCC(=O)OC(COC(=O)CCCCCCCCCCCCCCCCCCCCCCCCCCCCCCCCCCCCCCCCC)COP(=O)(O)OCCN. The minimum absolute atomic E-state index is 0.0574. The van der Waals surface area contributed by atoms with Crippen LogP contribution in [0.2, 0.25) is 0 Å². The van der Waals surface area contributed by atoms with Gasteiger partial charge in [0.2, 0.25) is 0 Å². The molecule has 0 aromatic carbocycles. The van der Waals surface area contributed by atoms with Gasteiger partial charge in [-0.05, 0) is 44.9 Å². The molecular weight excluding hydrogens is 1170 g/mol. The lowest BCUT2D eigenvalue weighted by atomic mass is 10.0. The number of allylic oxidation sites excluding steroid dienone is 4. The van der Waals surface area contributed by atoms with Gasteiger partial charge < -0.3 is 20.1 Å². The van der Waals surface area contributed by atoms with Crippen LogP contribution >= 0.6 is 7.82 Å². The van der Waals surface area contributed by atoms with E-state index in [4.69, 9.17) is 24.3 Å². The molecule has 0 fully saturated rings. The molecule has 0 radical (unpaired) electrons. The van der Waals surface area contributed by atoms with Crippen molar-refractivity contribution in [3.63, 3.8) is 0 Å². The topological polar surface area (TPSA) is 134 Å². The Kier molecular flexibility index (Phi) is 78.2. The second-order valence-corrected chi connectivity index (χ2v) is 30.2. The molecule has 0 aliphatic carbocycles. The number of phosphoric acid groups is 1. The summed E-state index contributed by atoms with van der Waals surface area (Å²) in [6, 6.07) is 0. The number of hydrogen-bond donors (Lipinski definition) is 2. The summed E-state index contributed by atoms with van der Waals surface area (Å²) in [4.78, 5) is 35.5. The summed E-state index contributed by atoms with van der Waals surface area (Å²) in [5.41, 5.74) is 5.42. The van der Waals surface area contributed by atoms with Crippen molar-refractivity contribution in [2.75, 3.05) is 26.4 Å². The monoisotopic (exact) mass is 1330 g/mol. The number of phosphoric ester groups is 1. The summed E-state index contributed by atoms with van der Waals surface area (Å²) in [5.74, 6) is -0.798. The van der Waals surface area contributed by atoms with Gasteiger partial charge >= 0.3 is 19.8 Å². The number of rotatable bonds is 81. The Morgan fingerprint density at radius 1 is 0.323 bits per heavy atom. The maximum atomic E-state index is 12.8. The minimum atomic E-state index is -4.39. The van der Waals surface area contributed by atoms with E-state index < -0.39 is 26.5 Å². The fraction of sp³-hybridized carbons (Fsp3) is 0.928. The number of nitrogens with two attached hydrogens (primary N) is 1. The van der Waals surface area contributed by atoms with Gasteiger partial charge in [-0.2, -0.15) is 0 Å². The molecule has 0 saturated heterocycles. The molecule has 0 aromatic rings. The predicted octanol–water partition coefficient (Wildman–Crippen LogP) is 28.0. The van der Waals surface area contributed by atoms with Crippen molar-refractivity contribution in [2.45, 2.75) is 469 Å². The van der Waals surface area contributed by atoms with Crippen LogP contribution in [0.25, 0.3) is 0 Å². The van der Waals surface area contributed by atoms with Crippen LogP contribution in [0.5, 0.6) is 0 Å². The first-order chi connectivity index (χ1) is 45.8. The highest BCUT2D eigenvalue weighted by molar-refractivity contribution is 7.47. The highest BCUT2D eigenvalue weighted by Gasteiger charge is 2.26. The molecule has 0 aliphatic heterocycles. The average molecular weight is 1330 g/mol. The van der Waals surface area contributed by atoms with Crippen LogP contribution in [0.4, 0.5) is 0 Å². The fourth-order valence-electron chi connectivity index (χ4n) is 13.1. The zero-order valence-electron chi connectivity index (χ0n) is 62.5.